The third kappa shape index (κ3) is 4.57. The van der Waals surface area contributed by atoms with Gasteiger partial charge in [-0.3, -0.25) is 4.79 Å². The van der Waals surface area contributed by atoms with E-state index in [4.69, 9.17) is 9.47 Å². The first-order valence-electron chi connectivity index (χ1n) is 8.69. The molecule has 1 fully saturated rings. The number of carboxylic acid groups (broad SMARTS) is 1. The molecule has 3 rings (SSSR count). The van der Waals surface area contributed by atoms with Crippen LogP contribution in [0.2, 0.25) is 0 Å². The van der Waals surface area contributed by atoms with E-state index in [1.165, 1.54) is 7.11 Å². The molecule has 0 saturated carbocycles. The Morgan fingerprint density at radius 1 is 1.07 bits per heavy atom. The minimum atomic E-state index is -1.14. The number of ether oxygens (including phenoxy) is 2. The molecular formula is C20H22N2O5. The van der Waals surface area contributed by atoms with E-state index < -0.39 is 17.9 Å². The van der Waals surface area contributed by atoms with Crippen LogP contribution >= 0.6 is 0 Å². The fraction of sp³-hybridized carbons (Fsp3) is 0.300. The Hall–Kier alpha value is -3.06. The number of carbonyl (C=O) groups excluding carboxylic acids is 1. The van der Waals surface area contributed by atoms with Gasteiger partial charge in [-0.2, -0.15) is 0 Å². The van der Waals surface area contributed by atoms with Crippen molar-refractivity contribution in [3.63, 3.8) is 0 Å². The lowest BCUT2D eigenvalue weighted by Gasteiger charge is -2.28. The van der Waals surface area contributed by atoms with E-state index in [0.717, 1.165) is 18.8 Å². The Labute approximate surface area is 157 Å². The molecule has 0 radical (unpaired) electrons. The summed E-state index contributed by atoms with van der Waals surface area (Å²) in [5, 5.41) is 12.1. The van der Waals surface area contributed by atoms with Gasteiger partial charge in [-0.25, -0.2) is 4.79 Å². The van der Waals surface area contributed by atoms with Gasteiger partial charge >= 0.3 is 5.97 Å². The summed E-state index contributed by atoms with van der Waals surface area (Å²) >= 11 is 0. The molecule has 1 aliphatic heterocycles. The molecule has 0 aliphatic carbocycles. The molecule has 142 valence electrons. The van der Waals surface area contributed by atoms with Gasteiger partial charge in [0.2, 0.25) is 0 Å². The largest absolute Gasteiger partial charge is 0.497 e. The average Bonchev–Trinajstić information content (AvgIpc) is 2.72. The van der Waals surface area contributed by atoms with Crippen LogP contribution in [-0.4, -0.2) is 50.4 Å². The number of rotatable bonds is 6. The van der Waals surface area contributed by atoms with Crippen molar-refractivity contribution in [1.29, 1.82) is 0 Å². The van der Waals surface area contributed by atoms with Gasteiger partial charge in [0, 0.05) is 24.3 Å². The van der Waals surface area contributed by atoms with Gasteiger partial charge in [0.15, 0.2) is 6.04 Å². The topological polar surface area (TPSA) is 88.1 Å². The van der Waals surface area contributed by atoms with Crippen LogP contribution in [0.1, 0.15) is 22.0 Å². The summed E-state index contributed by atoms with van der Waals surface area (Å²) in [6.07, 6.45) is 0. The van der Waals surface area contributed by atoms with Crippen molar-refractivity contribution in [3.05, 3.63) is 59.7 Å². The van der Waals surface area contributed by atoms with Crippen molar-refractivity contribution in [2.75, 3.05) is 38.3 Å². The highest BCUT2D eigenvalue weighted by Gasteiger charge is 2.23. The summed E-state index contributed by atoms with van der Waals surface area (Å²) in [7, 11) is 1.53. The van der Waals surface area contributed by atoms with Gasteiger partial charge in [0.05, 0.1) is 20.3 Å². The number of nitrogens with zero attached hydrogens (tertiary/aromatic N) is 1. The Kier molecular flexibility index (Phi) is 5.93. The summed E-state index contributed by atoms with van der Waals surface area (Å²) < 4.78 is 10.4. The van der Waals surface area contributed by atoms with Gasteiger partial charge in [0.25, 0.3) is 5.91 Å². The zero-order chi connectivity index (χ0) is 19.2. The molecular weight excluding hydrogens is 348 g/mol. The number of hydrogen-bond donors (Lipinski definition) is 2. The third-order valence-corrected chi connectivity index (χ3v) is 4.48. The molecule has 1 saturated heterocycles. The van der Waals surface area contributed by atoms with Crippen LogP contribution in [0.5, 0.6) is 5.75 Å². The summed E-state index contributed by atoms with van der Waals surface area (Å²) in [5.41, 5.74) is 1.90. The van der Waals surface area contributed by atoms with Crippen molar-refractivity contribution in [2.24, 2.45) is 0 Å². The minimum absolute atomic E-state index is 0.409. The van der Waals surface area contributed by atoms with Crippen molar-refractivity contribution in [3.8, 4) is 5.75 Å². The predicted octanol–water partition coefficient (Wildman–Crippen LogP) is 2.09. The molecule has 1 heterocycles. The maximum absolute atomic E-state index is 12.5. The smallest absolute Gasteiger partial charge is 0.330 e. The summed E-state index contributed by atoms with van der Waals surface area (Å²) in [6, 6.07) is 12.6. The fourth-order valence-electron chi connectivity index (χ4n) is 2.94. The van der Waals surface area contributed by atoms with Crippen LogP contribution in [0.25, 0.3) is 0 Å². The lowest BCUT2D eigenvalue weighted by molar-refractivity contribution is -0.139. The SMILES string of the molecule is COc1ccc(C(NC(=O)c2ccc(N3CCOCC3)cc2)C(=O)O)cc1. The average molecular weight is 370 g/mol. The lowest BCUT2D eigenvalue weighted by Crippen LogP contribution is -2.36. The van der Waals surface area contributed by atoms with Crippen LogP contribution < -0.4 is 15.0 Å². The first-order valence-corrected chi connectivity index (χ1v) is 8.69. The Balaban J connectivity index is 1.70. The lowest BCUT2D eigenvalue weighted by atomic mass is 10.1. The van der Waals surface area contributed by atoms with E-state index in [0.29, 0.717) is 30.1 Å². The van der Waals surface area contributed by atoms with Gasteiger partial charge in [-0.15, -0.1) is 0 Å². The maximum atomic E-state index is 12.5. The van der Waals surface area contributed by atoms with Crippen LogP contribution in [0.4, 0.5) is 5.69 Å². The zero-order valence-corrected chi connectivity index (χ0v) is 15.1. The molecule has 1 amide bonds. The molecule has 2 aromatic rings. The normalized spacial score (nSPS) is 15.1. The first-order chi connectivity index (χ1) is 13.1. The molecule has 1 unspecified atom stereocenters. The number of nitrogens with one attached hydrogen (secondary N) is 1. The predicted molar refractivity (Wildman–Crippen MR) is 100 cm³/mol. The van der Waals surface area contributed by atoms with Crippen molar-refractivity contribution in [1.82, 2.24) is 5.32 Å². The summed E-state index contributed by atoms with van der Waals surface area (Å²) in [6.45, 7) is 2.99. The molecule has 7 nitrogen and oxygen atoms in total. The van der Waals surface area contributed by atoms with Crippen LogP contribution in [0, 0.1) is 0 Å². The van der Waals surface area contributed by atoms with Crippen LogP contribution in [0.3, 0.4) is 0 Å². The molecule has 2 N–H and O–H groups in total. The molecule has 1 aliphatic rings. The highest BCUT2D eigenvalue weighted by Crippen LogP contribution is 2.20. The zero-order valence-electron chi connectivity index (χ0n) is 15.1. The van der Waals surface area contributed by atoms with Crippen molar-refractivity contribution < 1.29 is 24.2 Å². The molecule has 0 aromatic heterocycles. The Morgan fingerprint density at radius 2 is 1.70 bits per heavy atom. The highest BCUT2D eigenvalue weighted by atomic mass is 16.5. The molecule has 7 heteroatoms. The first kappa shape index (κ1) is 18.7. The molecule has 2 aromatic carbocycles. The van der Waals surface area contributed by atoms with Gasteiger partial charge in [-0.1, -0.05) is 12.1 Å². The number of amides is 1. The van der Waals surface area contributed by atoms with E-state index in [-0.39, 0.29) is 0 Å². The molecule has 27 heavy (non-hydrogen) atoms. The van der Waals surface area contributed by atoms with E-state index in [2.05, 4.69) is 10.2 Å². The number of benzene rings is 2. The Morgan fingerprint density at radius 3 is 2.26 bits per heavy atom. The molecule has 0 bridgehead atoms. The maximum Gasteiger partial charge on any atom is 0.330 e. The number of morpholine rings is 1. The van der Waals surface area contributed by atoms with Crippen LogP contribution in [-0.2, 0) is 9.53 Å². The molecule has 1 atom stereocenters. The second kappa shape index (κ2) is 8.55. The van der Waals surface area contributed by atoms with Crippen LogP contribution in [0.15, 0.2) is 48.5 Å². The Bertz CT molecular complexity index is 783. The highest BCUT2D eigenvalue weighted by molar-refractivity contribution is 5.97. The monoisotopic (exact) mass is 370 g/mol. The number of hydrogen-bond acceptors (Lipinski definition) is 5. The number of aliphatic carboxylic acids is 1. The number of methoxy groups -OCH3 is 1. The summed E-state index contributed by atoms with van der Waals surface area (Å²) in [5.74, 6) is -0.946. The molecule has 0 spiro atoms. The van der Waals surface area contributed by atoms with E-state index in [1.54, 1.807) is 36.4 Å². The van der Waals surface area contributed by atoms with Gasteiger partial charge < -0.3 is 24.8 Å². The van der Waals surface area contributed by atoms with E-state index >= 15 is 0 Å². The minimum Gasteiger partial charge on any atom is -0.497 e. The van der Waals surface area contributed by atoms with Gasteiger partial charge in [-0.05, 0) is 42.0 Å². The number of anilines is 1. The second-order valence-electron chi connectivity index (χ2n) is 6.16. The van der Waals surface area contributed by atoms with Crippen molar-refractivity contribution in [2.45, 2.75) is 6.04 Å². The fourth-order valence-corrected chi connectivity index (χ4v) is 2.94. The second-order valence-corrected chi connectivity index (χ2v) is 6.16. The number of carboxylic acids is 1. The quantitative estimate of drug-likeness (QED) is 0.810. The van der Waals surface area contributed by atoms with Crippen molar-refractivity contribution >= 4 is 17.6 Å². The standard InChI is InChI=1S/C20H22N2O5/c1-26-17-8-4-14(5-9-17)18(20(24)25)21-19(23)15-2-6-16(7-3-15)22-10-12-27-13-11-22/h2-9,18H,10-13H2,1H3,(H,21,23)(H,24,25). The van der Waals surface area contributed by atoms with E-state index in [9.17, 15) is 14.7 Å². The number of carbonyl (C=O) groups is 2. The summed E-state index contributed by atoms with van der Waals surface area (Å²) in [4.78, 5) is 26.3. The van der Waals surface area contributed by atoms with E-state index in [1.807, 2.05) is 12.1 Å². The third-order valence-electron chi connectivity index (χ3n) is 4.48. The van der Waals surface area contributed by atoms with Gasteiger partial charge in [0.1, 0.15) is 5.75 Å².